The Morgan fingerprint density at radius 3 is 2.45 bits per heavy atom. The Hall–Kier alpha value is -0.150. The summed E-state index contributed by atoms with van der Waals surface area (Å²) in [6.45, 7) is 8.32. The Bertz CT molecular complexity index is 78.5. The van der Waals surface area contributed by atoms with Gasteiger partial charge in [0.05, 0.1) is 0 Å². The maximum atomic E-state index is 11.9. The molecule has 0 heterocycles. The molecule has 68 valence electrons. The number of likely N-dealkylation sites (N-methyl/N-ethyl adjacent to an activating group) is 2. The quantitative estimate of drug-likeness (QED) is 0.559. The minimum absolute atomic E-state index is 0.236. The Morgan fingerprint density at radius 2 is 2.00 bits per heavy atom. The number of halogens is 1. The Morgan fingerprint density at radius 1 is 1.27 bits per heavy atom. The summed E-state index contributed by atoms with van der Waals surface area (Å²) in [6.07, 6.45) is 0. The molecule has 0 radical (unpaired) electrons. The Labute approximate surface area is 68.8 Å². The normalized spacial score (nSPS) is 10.9. The van der Waals surface area contributed by atoms with Crippen molar-refractivity contribution in [3.05, 3.63) is 0 Å². The van der Waals surface area contributed by atoms with Crippen molar-refractivity contribution in [2.24, 2.45) is 0 Å². The van der Waals surface area contributed by atoms with Crippen LogP contribution in [0.15, 0.2) is 0 Å². The van der Waals surface area contributed by atoms with Gasteiger partial charge in [-0.3, -0.25) is 4.90 Å². The van der Waals surface area contributed by atoms with E-state index < -0.39 is 0 Å². The summed E-state index contributed by atoms with van der Waals surface area (Å²) >= 11 is 0. The van der Waals surface area contributed by atoms with Crippen LogP contribution in [0.3, 0.4) is 0 Å². The number of rotatable bonds is 7. The van der Waals surface area contributed by atoms with Gasteiger partial charge in [0, 0.05) is 19.6 Å². The van der Waals surface area contributed by atoms with Crippen LogP contribution in [0.25, 0.3) is 0 Å². The van der Waals surface area contributed by atoms with Crippen molar-refractivity contribution in [2.45, 2.75) is 13.8 Å². The second kappa shape index (κ2) is 7.95. The Balaban J connectivity index is 3.20. The lowest BCUT2D eigenvalue weighted by molar-refractivity contribution is 0.259. The standard InChI is InChI=1S/C8H19FN2/c1-3-10-6-8-11(4-2)7-5-9/h10H,3-8H2,1-2H3. The first-order chi connectivity index (χ1) is 5.35. The smallest absolute Gasteiger partial charge is 0.102 e. The average Bonchev–Trinajstić information content (AvgIpc) is 2.03. The summed E-state index contributed by atoms with van der Waals surface area (Å²) in [5, 5.41) is 3.21. The molecule has 0 aliphatic carbocycles. The first kappa shape index (κ1) is 10.8. The largest absolute Gasteiger partial charge is 0.316 e. The van der Waals surface area contributed by atoms with E-state index in [1.54, 1.807) is 0 Å². The van der Waals surface area contributed by atoms with E-state index in [-0.39, 0.29) is 6.67 Å². The summed E-state index contributed by atoms with van der Waals surface area (Å²) in [7, 11) is 0. The highest BCUT2D eigenvalue weighted by Crippen LogP contribution is 1.85. The minimum atomic E-state index is -0.236. The zero-order chi connectivity index (χ0) is 8.53. The van der Waals surface area contributed by atoms with Crippen LogP contribution in [0, 0.1) is 0 Å². The van der Waals surface area contributed by atoms with E-state index in [0.29, 0.717) is 6.54 Å². The molecule has 0 aliphatic heterocycles. The zero-order valence-corrected chi connectivity index (χ0v) is 7.57. The molecule has 0 atom stereocenters. The van der Waals surface area contributed by atoms with E-state index >= 15 is 0 Å². The van der Waals surface area contributed by atoms with Gasteiger partial charge in [-0.05, 0) is 13.1 Å². The van der Waals surface area contributed by atoms with Gasteiger partial charge >= 0.3 is 0 Å². The molecule has 0 aromatic heterocycles. The highest BCUT2D eigenvalue weighted by molar-refractivity contribution is 4.55. The number of hydrogen-bond acceptors (Lipinski definition) is 2. The van der Waals surface area contributed by atoms with E-state index in [2.05, 4.69) is 24.1 Å². The van der Waals surface area contributed by atoms with Crippen LogP contribution < -0.4 is 5.32 Å². The van der Waals surface area contributed by atoms with Gasteiger partial charge < -0.3 is 5.32 Å². The lowest BCUT2D eigenvalue weighted by Crippen LogP contribution is -2.33. The van der Waals surface area contributed by atoms with Crippen LogP contribution in [0.4, 0.5) is 4.39 Å². The van der Waals surface area contributed by atoms with Gasteiger partial charge in [0.1, 0.15) is 6.67 Å². The molecule has 0 aromatic rings. The molecule has 0 saturated carbocycles. The van der Waals surface area contributed by atoms with E-state index in [1.807, 2.05) is 0 Å². The summed E-state index contributed by atoms with van der Waals surface area (Å²) in [5.41, 5.74) is 0. The maximum absolute atomic E-state index is 11.9. The van der Waals surface area contributed by atoms with Gasteiger partial charge in [-0.15, -0.1) is 0 Å². The highest BCUT2D eigenvalue weighted by atomic mass is 19.1. The third-order valence-corrected chi connectivity index (χ3v) is 1.70. The predicted molar refractivity (Wildman–Crippen MR) is 46.6 cm³/mol. The van der Waals surface area contributed by atoms with Crippen molar-refractivity contribution in [3.8, 4) is 0 Å². The fraction of sp³-hybridized carbons (Fsp3) is 1.00. The SMILES string of the molecule is CCNCCN(CC)CCF. The van der Waals surface area contributed by atoms with Crippen LogP contribution in [0.2, 0.25) is 0 Å². The van der Waals surface area contributed by atoms with Crippen molar-refractivity contribution in [1.82, 2.24) is 10.2 Å². The fourth-order valence-corrected chi connectivity index (χ4v) is 0.962. The van der Waals surface area contributed by atoms with Gasteiger partial charge in [-0.2, -0.15) is 0 Å². The maximum Gasteiger partial charge on any atom is 0.102 e. The van der Waals surface area contributed by atoms with Crippen LogP contribution in [0.5, 0.6) is 0 Å². The molecule has 0 rings (SSSR count). The van der Waals surface area contributed by atoms with Crippen molar-refractivity contribution in [2.75, 3.05) is 39.4 Å². The summed E-state index contributed by atoms with van der Waals surface area (Å²) in [6, 6.07) is 0. The molecular formula is C8H19FN2. The highest BCUT2D eigenvalue weighted by Gasteiger charge is 1.99. The van der Waals surface area contributed by atoms with E-state index in [9.17, 15) is 4.39 Å². The van der Waals surface area contributed by atoms with Gasteiger partial charge in [-0.25, -0.2) is 4.39 Å². The number of nitrogens with one attached hydrogen (secondary N) is 1. The molecule has 1 N–H and O–H groups in total. The monoisotopic (exact) mass is 162 g/mol. The molecule has 2 nitrogen and oxygen atoms in total. The summed E-state index contributed by atoms with van der Waals surface area (Å²) in [4.78, 5) is 2.10. The molecule has 0 bridgehead atoms. The second-order valence-corrected chi connectivity index (χ2v) is 2.48. The molecule has 3 heteroatoms. The molecule has 0 saturated heterocycles. The van der Waals surface area contributed by atoms with Crippen LogP contribution >= 0.6 is 0 Å². The average molecular weight is 162 g/mol. The predicted octanol–water partition coefficient (Wildman–Crippen LogP) is 0.887. The third-order valence-electron chi connectivity index (χ3n) is 1.70. The molecule has 11 heavy (non-hydrogen) atoms. The first-order valence-electron chi connectivity index (χ1n) is 4.34. The lowest BCUT2D eigenvalue weighted by atomic mass is 10.4. The van der Waals surface area contributed by atoms with E-state index in [1.165, 1.54) is 0 Å². The van der Waals surface area contributed by atoms with Gasteiger partial charge in [-0.1, -0.05) is 13.8 Å². The fourth-order valence-electron chi connectivity index (χ4n) is 0.962. The third kappa shape index (κ3) is 6.26. The van der Waals surface area contributed by atoms with Gasteiger partial charge in [0.2, 0.25) is 0 Å². The number of hydrogen-bond donors (Lipinski definition) is 1. The molecular weight excluding hydrogens is 143 g/mol. The van der Waals surface area contributed by atoms with Crippen molar-refractivity contribution in [1.29, 1.82) is 0 Å². The molecule has 0 aliphatic rings. The molecule has 0 amide bonds. The molecule has 0 aromatic carbocycles. The zero-order valence-electron chi connectivity index (χ0n) is 7.57. The van der Waals surface area contributed by atoms with Crippen molar-refractivity contribution < 1.29 is 4.39 Å². The van der Waals surface area contributed by atoms with Crippen LogP contribution in [-0.2, 0) is 0 Å². The first-order valence-corrected chi connectivity index (χ1v) is 4.34. The van der Waals surface area contributed by atoms with Gasteiger partial charge in [0.15, 0.2) is 0 Å². The van der Waals surface area contributed by atoms with E-state index in [0.717, 1.165) is 26.2 Å². The van der Waals surface area contributed by atoms with Crippen LogP contribution in [0.1, 0.15) is 13.8 Å². The molecule has 0 fully saturated rings. The topological polar surface area (TPSA) is 15.3 Å². The molecule has 0 spiro atoms. The lowest BCUT2D eigenvalue weighted by Gasteiger charge is -2.18. The van der Waals surface area contributed by atoms with Crippen molar-refractivity contribution >= 4 is 0 Å². The number of nitrogens with zero attached hydrogens (tertiary/aromatic N) is 1. The second-order valence-electron chi connectivity index (χ2n) is 2.48. The minimum Gasteiger partial charge on any atom is -0.316 e. The number of alkyl halides is 1. The van der Waals surface area contributed by atoms with Gasteiger partial charge in [0.25, 0.3) is 0 Å². The Kier molecular flexibility index (Phi) is 7.84. The van der Waals surface area contributed by atoms with Crippen molar-refractivity contribution in [3.63, 3.8) is 0 Å². The molecule has 0 unspecified atom stereocenters. The van der Waals surface area contributed by atoms with Crippen LogP contribution in [-0.4, -0.2) is 44.3 Å². The van der Waals surface area contributed by atoms with E-state index in [4.69, 9.17) is 0 Å². The summed E-state index contributed by atoms with van der Waals surface area (Å²) < 4.78 is 11.9. The summed E-state index contributed by atoms with van der Waals surface area (Å²) in [5.74, 6) is 0.